The van der Waals surface area contributed by atoms with Gasteiger partial charge in [0.25, 0.3) is 0 Å². The quantitative estimate of drug-likeness (QED) is 0.407. The normalized spacial score (nSPS) is 11.4. The molecule has 3 heteroatoms. The zero-order chi connectivity index (χ0) is 5.70. The Morgan fingerprint density at radius 1 is 1.86 bits per heavy atom. The first-order valence-electron chi connectivity index (χ1n) is 1.88. The summed E-state index contributed by atoms with van der Waals surface area (Å²) in [5, 5.41) is 7.44. The van der Waals surface area contributed by atoms with Crippen molar-refractivity contribution in [2.24, 2.45) is 4.99 Å². The molecule has 0 aromatic carbocycles. The molecule has 0 aromatic rings. The molecule has 0 saturated heterocycles. The van der Waals surface area contributed by atoms with Gasteiger partial charge in [0.15, 0.2) is 0 Å². The van der Waals surface area contributed by atoms with E-state index in [-0.39, 0.29) is 0 Å². The number of thioether (sulfide) groups is 1. The second-order valence-electron chi connectivity index (χ2n) is 0.981. The summed E-state index contributed by atoms with van der Waals surface area (Å²) in [5.41, 5.74) is 0. The summed E-state index contributed by atoms with van der Waals surface area (Å²) < 4.78 is 0. The average molecular weight is 116 g/mol. The van der Waals surface area contributed by atoms with Crippen LogP contribution in [0.5, 0.6) is 0 Å². The lowest BCUT2D eigenvalue weighted by molar-refractivity contribution is 1.51. The Kier molecular flexibility index (Phi) is 3.69. The Hall–Kier alpha value is -0.310. The molecule has 0 atom stereocenters. The first-order chi connectivity index (χ1) is 3.31. The van der Waals surface area contributed by atoms with Crippen molar-refractivity contribution in [3.05, 3.63) is 0 Å². The van der Waals surface area contributed by atoms with Crippen molar-refractivity contribution in [1.82, 2.24) is 0 Å². The summed E-state index contributed by atoms with van der Waals surface area (Å²) in [5.74, 6) is 0. The Morgan fingerprint density at radius 2 is 2.43 bits per heavy atom. The molecule has 0 radical (unpaired) electrons. The highest BCUT2D eigenvalue weighted by Crippen LogP contribution is 1.93. The lowest BCUT2D eigenvalue weighted by Crippen LogP contribution is -1.78. The van der Waals surface area contributed by atoms with Crippen molar-refractivity contribution in [2.75, 3.05) is 6.26 Å². The summed E-state index contributed by atoms with van der Waals surface area (Å²) >= 11 is 1.55. The third-order valence-corrected chi connectivity index (χ3v) is 1.24. The Labute approximate surface area is 47.5 Å². The monoisotopic (exact) mass is 116 g/mol. The minimum atomic E-state index is 0.926. The minimum absolute atomic E-state index is 0.926. The van der Waals surface area contributed by atoms with Gasteiger partial charge in [-0.05, 0) is 13.2 Å². The first kappa shape index (κ1) is 6.69. The summed E-state index contributed by atoms with van der Waals surface area (Å²) in [7, 11) is 0. The molecule has 2 nitrogen and oxygen atoms in total. The van der Waals surface area contributed by atoms with Gasteiger partial charge in [0.1, 0.15) is 6.34 Å². The third kappa shape index (κ3) is 3.52. The van der Waals surface area contributed by atoms with Gasteiger partial charge < -0.3 is 0 Å². The van der Waals surface area contributed by atoms with E-state index in [4.69, 9.17) is 5.41 Å². The molecule has 0 unspecified atom stereocenters. The molecule has 0 aliphatic rings. The minimum Gasteiger partial charge on any atom is -0.289 e. The van der Waals surface area contributed by atoms with Crippen molar-refractivity contribution in [1.29, 1.82) is 5.41 Å². The molecule has 40 valence electrons. The maximum absolute atomic E-state index is 6.51. The SMILES string of the molecule is CS/C(C)=N/C=N. The highest BCUT2D eigenvalue weighted by molar-refractivity contribution is 8.13. The summed E-state index contributed by atoms with van der Waals surface area (Å²) in [6.07, 6.45) is 2.98. The molecule has 0 aliphatic heterocycles. The van der Waals surface area contributed by atoms with E-state index in [2.05, 4.69) is 4.99 Å². The van der Waals surface area contributed by atoms with Crippen LogP contribution in [0.1, 0.15) is 6.92 Å². The molecular formula is C4H8N2S. The predicted molar refractivity (Wildman–Crippen MR) is 35.4 cm³/mol. The van der Waals surface area contributed by atoms with Crippen LogP contribution in [-0.4, -0.2) is 17.6 Å². The van der Waals surface area contributed by atoms with Crippen LogP contribution in [0.25, 0.3) is 0 Å². The number of nitrogens with zero attached hydrogens (tertiary/aromatic N) is 1. The number of hydrogen-bond donors (Lipinski definition) is 1. The molecule has 0 heterocycles. The summed E-state index contributed by atoms with van der Waals surface area (Å²) in [4.78, 5) is 3.66. The number of nitrogens with one attached hydrogen (secondary N) is 1. The Morgan fingerprint density at radius 3 is 2.57 bits per heavy atom. The molecule has 7 heavy (non-hydrogen) atoms. The van der Waals surface area contributed by atoms with Crippen LogP contribution in [0.2, 0.25) is 0 Å². The van der Waals surface area contributed by atoms with E-state index in [1.165, 1.54) is 0 Å². The number of rotatable bonds is 1. The smallest absolute Gasteiger partial charge is 0.107 e. The van der Waals surface area contributed by atoms with Gasteiger partial charge in [0.05, 0.1) is 5.04 Å². The topological polar surface area (TPSA) is 36.2 Å². The van der Waals surface area contributed by atoms with Gasteiger partial charge in [-0.25, -0.2) is 4.99 Å². The Bertz CT molecular complexity index is 87.7. The first-order valence-corrected chi connectivity index (χ1v) is 3.11. The summed E-state index contributed by atoms with van der Waals surface area (Å²) in [6, 6.07) is 0. The largest absolute Gasteiger partial charge is 0.289 e. The predicted octanol–water partition coefficient (Wildman–Crippen LogP) is 1.37. The second-order valence-corrected chi connectivity index (χ2v) is 1.98. The van der Waals surface area contributed by atoms with Gasteiger partial charge in [-0.3, -0.25) is 5.41 Å². The second kappa shape index (κ2) is 3.87. The van der Waals surface area contributed by atoms with E-state index in [0.29, 0.717) is 0 Å². The van der Waals surface area contributed by atoms with Gasteiger partial charge in [0, 0.05) is 0 Å². The third-order valence-electron chi connectivity index (χ3n) is 0.542. The van der Waals surface area contributed by atoms with Crippen LogP contribution in [0.3, 0.4) is 0 Å². The zero-order valence-electron chi connectivity index (χ0n) is 4.43. The van der Waals surface area contributed by atoms with E-state index < -0.39 is 0 Å². The molecule has 0 fully saturated rings. The molecule has 0 spiro atoms. The molecule has 1 N–H and O–H groups in total. The van der Waals surface area contributed by atoms with Crippen LogP contribution < -0.4 is 0 Å². The molecule has 0 aliphatic carbocycles. The van der Waals surface area contributed by atoms with Crippen molar-refractivity contribution < 1.29 is 0 Å². The van der Waals surface area contributed by atoms with Gasteiger partial charge in [-0.1, -0.05) is 0 Å². The fourth-order valence-electron chi connectivity index (χ4n) is 0.144. The van der Waals surface area contributed by atoms with Crippen molar-refractivity contribution in [2.45, 2.75) is 6.92 Å². The van der Waals surface area contributed by atoms with E-state index in [9.17, 15) is 0 Å². The lowest BCUT2D eigenvalue weighted by Gasteiger charge is -1.84. The summed E-state index contributed by atoms with van der Waals surface area (Å²) in [6.45, 7) is 1.87. The van der Waals surface area contributed by atoms with Gasteiger partial charge in [0.2, 0.25) is 0 Å². The van der Waals surface area contributed by atoms with Crippen molar-refractivity contribution in [3.8, 4) is 0 Å². The van der Waals surface area contributed by atoms with E-state index in [0.717, 1.165) is 11.4 Å². The highest BCUT2D eigenvalue weighted by atomic mass is 32.2. The number of hydrogen-bond acceptors (Lipinski definition) is 2. The van der Waals surface area contributed by atoms with Crippen LogP contribution in [-0.2, 0) is 0 Å². The highest BCUT2D eigenvalue weighted by Gasteiger charge is 1.77. The lowest BCUT2D eigenvalue weighted by atomic mass is 10.9. The zero-order valence-corrected chi connectivity index (χ0v) is 5.25. The van der Waals surface area contributed by atoms with Crippen molar-refractivity contribution >= 4 is 23.1 Å². The standard InChI is InChI=1S/C4H8N2S/c1-4(7-2)6-3-5/h3,5H,1-2H3/b5-3?,6-4+. The van der Waals surface area contributed by atoms with Crippen LogP contribution in [0.15, 0.2) is 4.99 Å². The molecule has 0 saturated carbocycles. The van der Waals surface area contributed by atoms with E-state index in [1.54, 1.807) is 11.8 Å². The van der Waals surface area contributed by atoms with Gasteiger partial charge >= 0.3 is 0 Å². The fourth-order valence-corrected chi connectivity index (χ4v) is 0.302. The molecule has 0 rings (SSSR count). The fraction of sp³-hybridized carbons (Fsp3) is 0.500. The van der Waals surface area contributed by atoms with E-state index in [1.807, 2.05) is 13.2 Å². The maximum Gasteiger partial charge on any atom is 0.107 e. The van der Waals surface area contributed by atoms with Crippen LogP contribution in [0.4, 0.5) is 0 Å². The average Bonchev–Trinajstić information content (AvgIpc) is 1.68. The van der Waals surface area contributed by atoms with Crippen LogP contribution >= 0.6 is 11.8 Å². The van der Waals surface area contributed by atoms with E-state index >= 15 is 0 Å². The molecular weight excluding hydrogens is 108 g/mol. The molecule has 0 aromatic heterocycles. The van der Waals surface area contributed by atoms with Gasteiger partial charge in [-0.2, -0.15) is 0 Å². The van der Waals surface area contributed by atoms with Crippen molar-refractivity contribution in [3.63, 3.8) is 0 Å². The molecule has 0 bridgehead atoms. The van der Waals surface area contributed by atoms with Crippen LogP contribution in [0, 0.1) is 5.41 Å². The number of aliphatic imine (C=N–C) groups is 1. The van der Waals surface area contributed by atoms with Gasteiger partial charge in [-0.15, -0.1) is 11.8 Å². The Balaban J connectivity index is 3.49. The molecule has 0 amide bonds. The maximum atomic E-state index is 6.51.